The van der Waals surface area contributed by atoms with Gasteiger partial charge in [0.05, 0.1) is 10.7 Å². The Morgan fingerprint density at radius 3 is 2.25 bits per heavy atom. The highest BCUT2D eigenvalue weighted by atomic mass is 32.1. The largest absolute Gasteiger partial charge is 0.352 e. The van der Waals surface area contributed by atoms with Crippen molar-refractivity contribution in [3.05, 3.63) is 75.6 Å². The van der Waals surface area contributed by atoms with E-state index in [9.17, 15) is 9.59 Å². The molecule has 144 valence electrons. The Bertz CT molecular complexity index is 947. The highest BCUT2D eigenvalue weighted by molar-refractivity contribution is 7.09. The van der Waals surface area contributed by atoms with Gasteiger partial charge in [0.1, 0.15) is 0 Å². The van der Waals surface area contributed by atoms with Crippen molar-refractivity contribution in [2.24, 2.45) is 0 Å². The molecule has 2 amide bonds. The molecule has 1 aromatic heterocycles. The minimum atomic E-state index is -0.0966. The molecule has 0 aliphatic rings. The summed E-state index contributed by atoms with van der Waals surface area (Å²) in [5, 5.41) is 8.80. The van der Waals surface area contributed by atoms with Crippen molar-refractivity contribution in [2.75, 3.05) is 6.54 Å². The third-order valence-electron chi connectivity index (χ3n) is 4.33. The van der Waals surface area contributed by atoms with Crippen molar-refractivity contribution in [3.8, 4) is 11.3 Å². The van der Waals surface area contributed by atoms with E-state index >= 15 is 0 Å². The van der Waals surface area contributed by atoms with Gasteiger partial charge in [-0.1, -0.05) is 36.4 Å². The number of rotatable bonds is 7. The first-order valence-electron chi connectivity index (χ1n) is 9.14. The second kappa shape index (κ2) is 9.28. The van der Waals surface area contributed by atoms with E-state index in [1.807, 2.05) is 19.1 Å². The molecule has 6 heteroatoms. The molecule has 28 heavy (non-hydrogen) atoms. The highest BCUT2D eigenvalue weighted by Gasteiger charge is 2.06. The number of carbonyl (C=O) groups is 2. The average Bonchev–Trinajstić information content (AvgIpc) is 3.13. The van der Waals surface area contributed by atoms with E-state index < -0.39 is 0 Å². The normalized spacial score (nSPS) is 10.5. The van der Waals surface area contributed by atoms with Gasteiger partial charge in [-0.3, -0.25) is 9.59 Å². The summed E-state index contributed by atoms with van der Waals surface area (Å²) in [6.45, 7) is 4.52. The lowest BCUT2D eigenvalue weighted by molar-refractivity contribution is -0.119. The number of thiazole rings is 1. The van der Waals surface area contributed by atoms with Crippen LogP contribution in [0.3, 0.4) is 0 Å². The van der Waals surface area contributed by atoms with Crippen LogP contribution in [0.5, 0.6) is 0 Å². The zero-order chi connectivity index (χ0) is 19.9. The molecule has 0 fully saturated rings. The van der Waals surface area contributed by atoms with E-state index in [1.165, 1.54) is 12.5 Å². The lowest BCUT2D eigenvalue weighted by Gasteiger charge is -2.07. The van der Waals surface area contributed by atoms with Gasteiger partial charge in [-0.2, -0.15) is 0 Å². The first-order chi connectivity index (χ1) is 13.5. The molecule has 0 aliphatic carbocycles. The zero-order valence-electron chi connectivity index (χ0n) is 16.0. The number of nitrogens with zero attached hydrogens (tertiary/aromatic N) is 1. The van der Waals surface area contributed by atoms with Crippen molar-refractivity contribution in [1.29, 1.82) is 0 Å². The van der Waals surface area contributed by atoms with Crippen LogP contribution in [0.15, 0.2) is 53.9 Å². The smallest absolute Gasteiger partial charge is 0.251 e. The number of hydrogen-bond acceptors (Lipinski definition) is 4. The number of aromatic nitrogens is 1. The van der Waals surface area contributed by atoms with Crippen LogP contribution in [0.1, 0.15) is 33.4 Å². The Balaban J connectivity index is 1.47. The van der Waals surface area contributed by atoms with E-state index in [2.05, 4.69) is 45.3 Å². The van der Waals surface area contributed by atoms with Crippen molar-refractivity contribution < 1.29 is 9.59 Å². The lowest BCUT2D eigenvalue weighted by atomic mass is 10.1. The van der Waals surface area contributed by atoms with Gasteiger partial charge in [-0.15, -0.1) is 11.3 Å². The lowest BCUT2D eigenvalue weighted by Crippen LogP contribution is -2.25. The summed E-state index contributed by atoms with van der Waals surface area (Å²) in [5.41, 5.74) is 4.85. The molecule has 0 spiro atoms. The van der Waals surface area contributed by atoms with E-state index in [0.717, 1.165) is 28.2 Å². The van der Waals surface area contributed by atoms with Crippen molar-refractivity contribution >= 4 is 23.2 Å². The van der Waals surface area contributed by atoms with Crippen LogP contribution in [-0.2, 0) is 17.8 Å². The number of hydrogen-bond donors (Lipinski definition) is 2. The van der Waals surface area contributed by atoms with Gasteiger partial charge in [0.15, 0.2) is 0 Å². The molecular formula is C22H23N3O2S. The predicted octanol–water partition coefficient (Wildman–Crippen LogP) is 3.73. The van der Waals surface area contributed by atoms with Gasteiger partial charge in [-0.25, -0.2) is 4.98 Å². The van der Waals surface area contributed by atoms with Gasteiger partial charge in [0, 0.05) is 36.5 Å². The van der Waals surface area contributed by atoms with Crippen LogP contribution in [0.25, 0.3) is 11.3 Å². The Hall–Kier alpha value is -2.99. The van der Waals surface area contributed by atoms with Crippen LogP contribution in [0.2, 0.25) is 0 Å². The quantitative estimate of drug-likeness (QED) is 0.643. The van der Waals surface area contributed by atoms with Crippen LogP contribution in [0.4, 0.5) is 0 Å². The number of benzene rings is 2. The minimum absolute atomic E-state index is 0.0726. The number of nitrogens with one attached hydrogen (secondary N) is 2. The monoisotopic (exact) mass is 393 g/mol. The Morgan fingerprint density at radius 1 is 0.964 bits per heavy atom. The molecular weight excluding hydrogens is 370 g/mol. The summed E-state index contributed by atoms with van der Waals surface area (Å²) in [6, 6.07) is 15.5. The fraction of sp³-hybridized carbons (Fsp3) is 0.227. The SMILES string of the molecule is CC(=O)NCc1ccc(C(=O)NCCc2ccc(-c3csc(C)n3)cc2)cc1. The molecule has 0 saturated carbocycles. The molecule has 0 bridgehead atoms. The van der Waals surface area contributed by atoms with Crippen molar-refractivity contribution in [2.45, 2.75) is 26.8 Å². The summed E-state index contributed by atoms with van der Waals surface area (Å²) in [7, 11) is 0. The standard InChI is InChI=1S/C22H23N3O2S/c1-15(26)24-13-18-5-9-20(10-6-18)22(27)23-12-11-17-3-7-19(8-4-17)21-14-28-16(2)25-21/h3-10,14H,11-13H2,1-2H3,(H,23,27)(H,24,26). The van der Waals surface area contributed by atoms with Crippen LogP contribution >= 0.6 is 11.3 Å². The molecule has 0 radical (unpaired) electrons. The molecule has 0 saturated heterocycles. The topological polar surface area (TPSA) is 71.1 Å². The second-order valence-corrected chi connectivity index (χ2v) is 7.62. The van der Waals surface area contributed by atoms with E-state index in [4.69, 9.17) is 0 Å². The molecule has 0 aliphatic heterocycles. The summed E-state index contributed by atoms with van der Waals surface area (Å²) in [5.74, 6) is -0.169. The third-order valence-corrected chi connectivity index (χ3v) is 5.10. The maximum Gasteiger partial charge on any atom is 0.251 e. The Morgan fingerprint density at radius 2 is 1.64 bits per heavy atom. The fourth-order valence-corrected chi connectivity index (χ4v) is 3.38. The predicted molar refractivity (Wildman–Crippen MR) is 112 cm³/mol. The molecule has 2 aromatic carbocycles. The third kappa shape index (κ3) is 5.50. The van der Waals surface area contributed by atoms with Gasteiger partial charge in [-0.05, 0) is 36.6 Å². The van der Waals surface area contributed by atoms with E-state index in [-0.39, 0.29) is 11.8 Å². The summed E-state index contributed by atoms with van der Waals surface area (Å²) < 4.78 is 0. The minimum Gasteiger partial charge on any atom is -0.352 e. The first kappa shape index (κ1) is 19.8. The van der Waals surface area contributed by atoms with Crippen molar-refractivity contribution in [1.82, 2.24) is 15.6 Å². The van der Waals surface area contributed by atoms with Gasteiger partial charge < -0.3 is 10.6 Å². The summed E-state index contributed by atoms with van der Waals surface area (Å²) in [4.78, 5) is 27.7. The number of aryl methyl sites for hydroxylation is 1. The molecule has 0 unspecified atom stereocenters. The van der Waals surface area contributed by atoms with Gasteiger partial charge in [0.25, 0.3) is 5.91 Å². The summed E-state index contributed by atoms with van der Waals surface area (Å²) in [6.07, 6.45) is 0.767. The first-order valence-corrected chi connectivity index (χ1v) is 10.0. The Kier molecular flexibility index (Phi) is 6.55. The van der Waals surface area contributed by atoms with E-state index in [0.29, 0.717) is 18.7 Å². The van der Waals surface area contributed by atoms with Gasteiger partial charge >= 0.3 is 0 Å². The molecule has 3 aromatic rings. The highest BCUT2D eigenvalue weighted by Crippen LogP contribution is 2.21. The van der Waals surface area contributed by atoms with Crippen LogP contribution in [0, 0.1) is 6.92 Å². The second-order valence-electron chi connectivity index (χ2n) is 6.56. The molecule has 0 atom stereocenters. The molecule has 2 N–H and O–H groups in total. The van der Waals surface area contributed by atoms with E-state index in [1.54, 1.807) is 23.5 Å². The Labute approximate surface area is 168 Å². The zero-order valence-corrected chi connectivity index (χ0v) is 16.8. The maximum absolute atomic E-state index is 12.3. The molecule has 5 nitrogen and oxygen atoms in total. The van der Waals surface area contributed by atoms with Crippen molar-refractivity contribution in [3.63, 3.8) is 0 Å². The van der Waals surface area contributed by atoms with Crippen LogP contribution < -0.4 is 10.6 Å². The molecule has 3 rings (SSSR count). The number of amides is 2. The fourth-order valence-electron chi connectivity index (χ4n) is 2.76. The summed E-state index contributed by atoms with van der Waals surface area (Å²) >= 11 is 1.65. The average molecular weight is 394 g/mol. The molecule has 1 heterocycles. The maximum atomic E-state index is 12.3. The van der Waals surface area contributed by atoms with Gasteiger partial charge in [0.2, 0.25) is 5.91 Å². The van der Waals surface area contributed by atoms with Crippen LogP contribution in [-0.4, -0.2) is 23.3 Å². The number of carbonyl (C=O) groups excluding carboxylic acids is 2.